The van der Waals surface area contributed by atoms with Gasteiger partial charge in [0, 0.05) is 67.4 Å². The Bertz CT molecular complexity index is 1590. The number of fused-ring (bicyclic) bond motifs is 1. The molecule has 1 N–H and O–H groups in total. The first-order valence-corrected chi connectivity index (χ1v) is 15.4. The number of methoxy groups -OCH3 is 1. The fraction of sp³-hybridized carbons (Fsp3) is 0.452. The van der Waals surface area contributed by atoms with Gasteiger partial charge in [0.1, 0.15) is 17.6 Å². The highest BCUT2D eigenvalue weighted by Crippen LogP contribution is 2.42. The number of hydrogen-bond donors (Lipinski definition) is 1. The maximum Gasteiger partial charge on any atom is 0.162 e. The van der Waals surface area contributed by atoms with Crippen molar-refractivity contribution in [3.8, 4) is 22.8 Å². The zero-order valence-electron chi connectivity index (χ0n) is 24.2. The van der Waals surface area contributed by atoms with Crippen molar-refractivity contribution in [2.75, 3.05) is 51.5 Å². The highest BCUT2D eigenvalue weighted by Gasteiger charge is 2.44. The van der Waals surface area contributed by atoms with Gasteiger partial charge < -0.3 is 29.2 Å². The molecule has 1 unspecified atom stereocenters. The molecule has 0 amide bonds. The summed E-state index contributed by atoms with van der Waals surface area (Å²) in [5.74, 6) is 2.06. The van der Waals surface area contributed by atoms with E-state index in [4.69, 9.17) is 52.2 Å². The van der Waals surface area contributed by atoms with Crippen LogP contribution in [0.15, 0.2) is 42.9 Å². The lowest BCUT2D eigenvalue weighted by Crippen LogP contribution is -2.73. The van der Waals surface area contributed by atoms with Gasteiger partial charge in [0.15, 0.2) is 17.7 Å². The number of halogens is 2. The van der Waals surface area contributed by atoms with Crippen LogP contribution in [-0.2, 0) is 9.47 Å². The van der Waals surface area contributed by atoms with Gasteiger partial charge >= 0.3 is 0 Å². The maximum atomic E-state index is 6.44. The molecule has 4 aromatic rings. The lowest BCUT2D eigenvalue weighted by molar-refractivity contribution is -0.0365. The smallest absolute Gasteiger partial charge is 0.162 e. The highest BCUT2D eigenvalue weighted by atomic mass is 35.5. The molecule has 43 heavy (non-hydrogen) atoms. The SMILES string of the molecule is COc1cc2c(cc1O[C@H](C)c1c(Cl)cncc1Cl)c(-c1ccc(N3CC4(COCCN4)C3)nc1)nn2C1CCCCO1. The van der Waals surface area contributed by atoms with E-state index in [9.17, 15) is 0 Å². The molecule has 3 aliphatic heterocycles. The molecule has 3 fully saturated rings. The van der Waals surface area contributed by atoms with Crippen LogP contribution in [0.3, 0.4) is 0 Å². The van der Waals surface area contributed by atoms with Crippen LogP contribution in [0.5, 0.6) is 11.5 Å². The highest BCUT2D eigenvalue weighted by molar-refractivity contribution is 6.35. The van der Waals surface area contributed by atoms with E-state index in [-0.39, 0.29) is 11.8 Å². The molecule has 0 aliphatic carbocycles. The van der Waals surface area contributed by atoms with Crippen LogP contribution in [0.25, 0.3) is 22.2 Å². The zero-order valence-corrected chi connectivity index (χ0v) is 25.7. The molecule has 0 bridgehead atoms. The minimum Gasteiger partial charge on any atom is -0.493 e. The number of pyridine rings is 2. The largest absolute Gasteiger partial charge is 0.493 e. The van der Waals surface area contributed by atoms with Crippen LogP contribution in [0.1, 0.15) is 44.1 Å². The van der Waals surface area contributed by atoms with Gasteiger partial charge in [0.2, 0.25) is 0 Å². The third-order valence-electron chi connectivity index (χ3n) is 8.48. The summed E-state index contributed by atoms with van der Waals surface area (Å²) in [5, 5.41) is 10.5. The lowest BCUT2D eigenvalue weighted by atomic mass is 9.89. The molecule has 226 valence electrons. The summed E-state index contributed by atoms with van der Waals surface area (Å²) in [7, 11) is 1.63. The van der Waals surface area contributed by atoms with Crippen LogP contribution in [0.2, 0.25) is 10.0 Å². The summed E-state index contributed by atoms with van der Waals surface area (Å²) in [6, 6.07) is 8.07. The van der Waals surface area contributed by atoms with Gasteiger partial charge in [0.25, 0.3) is 0 Å². The van der Waals surface area contributed by atoms with Crippen molar-refractivity contribution in [3.05, 3.63) is 58.5 Å². The van der Waals surface area contributed by atoms with Crippen molar-refractivity contribution < 1.29 is 18.9 Å². The van der Waals surface area contributed by atoms with Gasteiger partial charge in [-0.1, -0.05) is 23.2 Å². The number of aromatic nitrogens is 4. The molecule has 1 spiro atoms. The predicted octanol–water partition coefficient (Wildman–Crippen LogP) is 5.83. The molecule has 3 aromatic heterocycles. The Hall–Kier alpha value is -3.15. The summed E-state index contributed by atoms with van der Waals surface area (Å²) in [5.41, 5.74) is 3.29. The minimum atomic E-state index is -0.459. The van der Waals surface area contributed by atoms with E-state index in [2.05, 4.69) is 27.3 Å². The van der Waals surface area contributed by atoms with Gasteiger partial charge in [-0.05, 0) is 44.4 Å². The third kappa shape index (κ3) is 5.40. The Balaban J connectivity index is 1.24. The van der Waals surface area contributed by atoms with Crippen LogP contribution in [0, 0.1) is 0 Å². The molecule has 0 saturated carbocycles. The standard InChI is InChI=1S/C31H34Cl2N6O4/c1-19(29-22(32)14-34-15-23(29)33)43-26-11-21-24(12-25(26)40-2)39(28-5-3-4-9-42-28)37-30(21)20-6-7-27(35-13-20)38-16-31(17-38)18-41-10-8-36-31/h6-7,11-15,19,28,36H,3-5,8-10,16-18H2,1-2H3/t19-,28?/m1/s1. The summed E-state index contributed by atoms with van der Waals surface area (Å²) in [6.45, 7) is 6.75. The predicted molar refractivity (Wildman–Crippen MR) is 165 cm³/mol. The number of hydrogen-bond acceptors (Lipinski definition) is 9. The van der Waals surface area contributed by atoms with Gasteiger partial charge in [-0.2, -0.15) is 5.10 Å². The Morgan fingerprint density at radius 2 is 1.91 bits per heavy atom. The second-order valence-corrected chi connectivity index (χ2v) is 12.2. The zero-order chi connectivity index (χ0) is 29.6. The van der Waals surface area contributed by atoms with Crippen LogP contribution < -0.4 is 19.7 Å². The van der Waals surface area contributed by atoms with Crippen molar-refractivity contribution >= 4 is 39.9 Å². The van der Waals surface area contributed by atoms with Crippen molar-refractivity contribution in [3.63, 3.8) is 0 Å². The van der Waals surface area contributed by atoms with Crippen LogP contribution >= 0.6 is 23.2 Å². The first kappa shape index (κ1) is 28.6. The monoisotopic (exact) mass is 624 g/mol. The fourth-order valence-corrected chi connectivity index (χ4v) is 6.95. The number of benzene rings is 1. The Kier molecular flexibility index (Phi) is 7.81. The van der Waals surface area contributed by atoms with Gasteiger partial charge in [-0.3, -0.25) is 4.98 Å². The molecule has 6 heterocycles. The summed E-state index contributed by atoms with van der Waals surface area (Å²) >= 11 is 12.9. The minimum absolute atomic E-state index is 0.0326. The molecule has 0 radical (unpaired) electrons. The first-order chi connectivity index (χ1) is 20.9. The molecule has 1 aromatic carbocycles. The average Bonchev–Trinajstić information content (AvgIpc) is 3.38. The van der Waals surface area contributed by atoms with E-state index in [1.54, 1.807) is 19.5 Å². The second-order valence-electron chi connectivity index (χ2n) is 11.4. The van der Waals surface area contributed by atoms with E-state index in [0.717, 1.165) is 80.1 Å². The lowest BCUT2D eigenvalue weighted by Gasteiger charge is -2.52. The van der Waals surface area contributed by atoms with Crippen LogP contribution in [-0.4, -0.2) is 71.9 Å². The van der Waals surface area contributed by atoms with E-state index < -0.39 is 6.10 Å². The Morgan fingerprint density at radius 1 is 1.07 bits per heavy atom. The van der Waals surface area contributed by atoms with Crippen molar-refractivity contribution in [2.45, 2.75) is 44.1 Å². The Labute approximate surface area is 260 Å². The molecule has 2 atom stereocenters. The van der Waals surface area contributed by atoms with Gasteiger partial charge in [-0.15, -0.1) is 0 Å². The molecule has 7 rings (SSSR count). The number of morpholine rings is 1. The summed E-state index contributed by atoms with van der Waals surface area (Å²) in [6.07, 6.45) is 7.41. The first-order valence-electron chi connectivity index (χ1n) is 14.7. The van der Waals surface area contributed by atoms with Crippen molar-refractivity contribution in [1.29, 1.82) is 0 Å². The average molecular weight is 626 g/mol. The van der Waals surface area contributed by atoms with E-state index in [1.165, 1.54) is 0 Å². The van der Waals surface area contributed by atoms with Crippen molar-refractivity contribution in [2.24, 2.45) is 0 Å². The second kappa shape index (κ2) is 11.7. The third-order valence-corrected chi connectivity index (χ3v) is 9.08. The number of nitrogens with zero attached hydrogens (tertiary/aromatic N) is 5. The molecule has 3 aliphatic rings. The van der Waals surface area contributed by atoms with E-state index in [1.807, 2.05) is 29.9 Å². The Morgan fingerprint density at radius 3 is 2.58 bits per heavy atom. The molecule has 3 saturated heterocycles. The number of ether oxygens (including phenoxy) is 4. The molecule has 10 nitrogen and oxygen atoms in total. The summed E-state index contributed by atoms with van der Waals surface area (Å²) < 4.78 is 26.1. The molecular weight excluding hydrogens is 591 g/mol. The fourth-order valence-electron chi connectivity index (χ4n) is 6.27. The molecular formula is C31H34Cl2N6O4. The number of nitrogens with one attached hydrogen (secondary N) is 1. The van der Waals surface area contributed by atoms with Crippen LogP contribution in [0.4, 0.5) is 5.82 Å². The molecule has 12 heteroatoms. The quantitative estimate of drug-likeness (QED) is 0.272. The van der Waals surface area contributed by atoms with Gasteiger partial charge in [0.05, 0.1) is 41.4 Å². The normalized spacial score (nSPS) is 20.7. The van der Waals surface area contributed by atoms with Crippen molar-refractivity contribution in [1.82, 2.24) is 25.1 Å². The maximum absolute atomic E-state index is 6.44. The number of rotatable bonds is 7. The van der Waals surface area contributed by atoms with E-state index in [0.29, 0.717) is 33.7 Å². The van der Waals surface area contributed by atoms with E-state index >= 15 is 0 Å². The topological polar surface area (TPSA) is 95.8 Å². The van der Waals surface area contributed by atoms with Gasteiger partial charge in [-0.25, -0.2) is 9.67 Å². The number of anilines is 1. The summed E-state index contributed by atoms with van der Waals surface area (Å²) in [4.78, 5) is 11.2.